The van der Waals surface area contributed by atoms with Gasteiger partial charge in [-0.15, -0.1) is 0 Å². The highest BCUT2D eigenvalue weighted by Crippen LogP contribution is 2.36. The second kappa shape index (κ2) is 8.17. The molecule has 0 spiro atoms. The number of hydrogen-bond donors (Lipinski definition) is 0. The number of halogens is 1. The van der Waals surface area contributed by atoms with Crippen molar-refractivity contribution in [2.75, 3.05) is 20.2 Å². The largest absolute Gasteiger partial charge is 0.496 e. The van der Waals surface area contributed by atoms with Gasteiger partial charge in [-0.25, -0.2) is 4.39 Å². The molecule has 1 amide bonds. The number of methoxy groups -OCH3 is 1. The minimum absolute atomic E-state index is 0.0805. The van der Waals surface area contributed by atoms with E-state index in [1.54, 1.807) is 19.4 Å². The van der Waals surface area contributed by atoms with E-state index in [-0.39, 0.29) is 23.7 Å². The Kier molecular flexibility index (Phi) is 5.22. The SMILES string of the molecule is COc1cc2cccnc2cc1-c1ccc(OC2CCN(C(=O)C3CC3)CC2)c(F)c1. The van der Waals surface area contributed by atoms with Crippen molar-refractivity contribution in [1.82, 2.24) is 9.88 Å². The van der Waals surface area contributed by atoms with E-state index in [1.807, 2.05) is 35.2 Å². The molecule has 31 heavy (non-hydrogen) atoms. The number of aromatic nitrogens is 1. The molecular formula is C25H25FN2O3. The van der Waals surface area contributed by atoms with Gasteiger partial charge in [-0.05, 0) is 48.7 Å². The Bertz CT molecular complexity index is 1120. The minimum atomic E-state index is -0.405. The molecule has 1 aliphatic heterocycles. The predicted molar refractivity (Wildman–Crippen MR) is 117 cm³/mol. The number of fused-ring (bicyclic) bond motifs is 1. The van der Waals surface area contributed by atoms with Gasteiger partial charge in [0.25, 0.3) is 0 Å². The van der Waals surface area contributed by atoms with E-state index in [4.69, 9.17) is 9.47 Å². The molecule has 2 heterocycles. The maximum atomic E-state index is 14.9. The number of piperidine rings is 1. The molecule has 0 unspecified atom stereocenters. The first-order chi connectivity index (χ1) is 15.1. The van der Waals surface area contributed by atoms with Crippen LogP contribution in [0.4, 0.5) is 4.39 Å². The topological polar surface area (TPSA) is 51.7 Å². The van der Waals surface area contributed by atoms with Crippen molar-refractivity contribution in [2.24, 2.45) is 5.92 Å². The van der Waals surface area contributed by atoms with Crippen LogP contribution in [-0.4, -0.2) is 42.1 Å². The molecule has 0 atom stereocenters. The molecule has 0 N–H and O–H groups in total. The highest BCUT2D eigenvalue weighted by Gasteiger charge is 2.35. The van der Waals surface area contributed by atoms with Gasteiger partial charge < -0.3 is 14.4 Å². The average Bonchev–Trinajstić information content (AvgIpc) is 3.65. The zero-order valence-electron chi connectivity index (χ0n) is 17.5. The predicted octanol–water partition coefficient (Wildman–Crippen LogP) is 4.83. The number of hydrogen-bond acceptors (Lipinski definition) is 4. The summed E-state index contributed by atoms with van der Waals surface area (Å²) in [5, 5.41) is 0.968. The summed E-state index contributed by atoms with van der Waals surface area (Å²) in [5.41, 5.74) is 2.32. The van der Waals surface area contributed by atoms with Crippen LogP contribution in [0.2, 0.25) is 0 Å². The zero-order chi connectivity index (χ0) is 21.4. The Morgan fingerprint density at radius 3 is 2.58 bits per heavy atom. The molecule has 1 aromatic heterocycles. The van der Waals surface area contributed by atoms with Crippen molar-refractivity contribution in [2.45, 2.75) is 31.8 Å². The van der Waals surface area contributed by atoms with Crippen LogP contribution in [0.3, 0.4) is 0 Å². The van der Waals surface area contributed by atoms with Crippen LogP contribution < -0.4 is 9.47 Å². The van der Waals surface area contributed by atoms with E-state index < -0.39 is 5.82 Å². The van der Waals surface area contributed by atoms with Crippen LogP contribution in [0.5, 0.6) is 11.5 Å². The smallest absolute Gasteiger partial charge is 0.225 e. The van der Waals surface area contributed by atoms with Crippen LogP contribution in [0, 0.1) is 11.7 Å². The Balaban J connectivity index is 1.31. The average molecular weight is 420 g/mol. The molecule has 0 bridgehead atoms. The van der Waals surface area contributed by atoms with Crippen molar-refractivity contribution >= 4 is 16.8 Å². The summed E-state index contributed by atoms with van der Waals surface area (Å²) in [5.74, 6) is 1.02. The summed E-state index contributed by atoms with van der Waals surface area (Å²) in [4.78, 5) is 18.5. The van der Waals surface area contributed by atoms with Gasteiger partial charge in [0, 0.05) is 49.0 Å². The fraction of sp³-hybridized carbons (Fsp3) is 0.360. The number of carbonyl (C=O) groups excluding carboxylic acids is 1. The normalized spacial score (nSPS) is 17.0. The molecule has 2 fully saturated rings. The van der Waals surface area contributed by atoms with Gasteiger partial charge in [-0.3, -0.25) is 9.78 Å². The number of benzene rings is 2. The van der Waals surface area contributed by atoms with Gasteiger partial charge in [0.05, 0.1) is 12.6 Å². The van der Waals surface area contributed by atoms with Crippen LogP contribution in [0.25, 0.3) is 22.0 Å². The van der Waals surface area contributed by atoms with Crippen molar-refractivity contribution in [1.29, 1.82) is 0 Å². The Hall–Kier alpha value is -3.15. The number of pyridine rings is 1. The highest BCUT2D eigenvalue weighted by atomic mass is 19.1. The minimum Gasteiger partial charge on any atom is -0.496 e. The highest BCUT2D eigenvalue weighted by molar-refractivity contribution is 5.88. The lowest BCUT2D eigenvalue weighted by molar-refractivity contribution is -0.134. The van der Waals surface area contributed by atoms with Gasteiger partial charge in [0.1, 0.15) is 11.9 Å². The molecular weight excluding hydrogens is 395 g/mol. The van der Waals surface area contributed by atoms with E-state index in [1.165, 1.54) is 6.07 Å². The molecule has 160 valence electrons. The number of carbonyl (C=O) groups is 1. The summed E-state index contributed by atoms with van der Waals surface area (Å²) in [6.45, 7) is 1.36. The molecule has 2 aliphatic rings. The number of likely N-dealkylation sites (tertiary alicyclic amines) is 1. The molecule has 5 nitrogen and oxygen atoms in total. The Labute approximate surface area is 180 Å². The maximum absolute atomic E-state index is 14.9. The molecule has 3 aromatic rings. The third-order valence-corrected chi connectivity index (χ3v) is 6.14. The second-order valence-electron chi connectivity index (χ2n) is 8.31. The first-order valence-electron chi connectivity index (χ1n) is 10.8. The van der Waals surface area contributed by atoms with Gasteiger partial charge in [-0.1, -0.05) is 12.1 Å². The summed E-state index contributed by atoms with van der Waals surface area (Å²) >= 11 is 0. The third kappa shape index (κ3) is 4.07. The van der Waals surface area contributed by atoms with E-state index in [9.17, 15) is 9.18 Å². The van der Waals surface area contributed by atoms with E-state index in [2.05, 4.69) is 4.98 Å². The van der Waals surface area contributed by atoms with Gasteiger partial charge in [0.15, 0.2) is 11.6 Å². The molecule has 1 saturated carbocycles. The Morgan fingerprint density at radius 1 is 1.06 bits per heavy atom. The molecule has 2 aromatic carbocycles. The second-order valence-corrected chi connectivity index (χ2v) is 8.31. The summed E-state index contributed by atoms with van der Waals surface area (Å²) < 4.78 is 26.4. The van der Waals surface area contributed by atoms with Crippen molar-refractivity contribution in [3.05, 3.63) is 54.5 Å². The lowest BCUT2D eigenvalue weighted by Gasteiger charge is -2.32. The molecule has 6 heteroatoms. The summed E-state index contributed by atoms with van der Waals surface area (Å²) in [6, 6.07) is 12.7. The fourth-order valence-electron chi connectivity index (χ4n) is 4.22. The molecule has 5 rings (SSSR count). The van der Waals surface area contributed by atoms with E-state index in [0.29, 0.717) is 24.4 Å². The van der Waals surface area contributed by atoms with Crippen molar-refractivity contribution in [3.8, 4) is 22.6 Å². The van der Waals surface area contributed by atoms with Crippen molar-refractivity contribution in [3.63, 3.8) is 0 Å². The van der Waals surface area contributed by atoms with Gasteiger partial charge >= 0.3 is 0 Å². The fourth-order valence-corrected chi connectivity index (χ4v) is 4.22. The third-order valence-electron chi connectivity index (χ3n) is 6.14. The summed E-state index contributed by atoms with van der Waals surface area (Å²) in [6.07, 6.45) is 5.14. The number of rotatable bonds is 5. The van der Waals surface area contributed by atoms with Crippen molar-refractivity contribution < 1.29 is 18.7 Å². The van der Waals surface area contributed by atoms with Crippen LogP contribution in [0.1, 0.15) is 25.7 Å². The van der Waals surface area contributed by atoms with Crippen LogP contribution in [-0.2, 0) is 4.79 Å². The molecule has 1 saturated heterocycles. The first-order valence-corrected chi connectivity index (χ1v) is 10.8. The van der Waals surface area contributed by atoms with E-state index >= 15 is 0 Å². The molecule has 0 radical (unpaired) electrons. The first kappa shape index (κ1) is 19.8. The summed E-state index contributed by atoms with van der Waals surface area (Å²) in [7, 11) is 1.61. The Morgan fingerprint density at radius 2 is 1.87 bits per heavy atom. The number of ether oxygens (including phenoxy) is 2. The zero-order valence-corrected chi connectivity index (χ0v) is 17.5. The quantitative estimate of drug-likeness (QED) is 0.593. The van der Waals surface area contributed by atoms with Crippen LogP contribution in [0.15, 0.2) is 48.7 Å². The maximum Gasteiger partial charge on any atom is 0.225 e. The number of amides is 1. The number of nitrogens with zero attached hydrogens (tertiary/aromatic N) is 2. The molecule has 1 aliphatic carbocycles. The monoisotopic (exact) mass is 420 g/mol. The van der Waals surface area contributed by atoms with E-state index in [0.717, 1.165) is 42.1 Å². The van der Waals surface area contributed by atoms with Gasteiger partial charge in [-0.2, -0.15) is 0 Å². The lowest BCUT2D eigenvalue weighted by Crippen LogP contribution is -2.42. The van der Waals surface area contributed by atoms with Crippen LogP contribution >= 0.6 is 0 Å². The van der Waals surface area contributed by atoms with Gasteiger partial charge in [0.2, 0.25) is 5.91 Å². The lowest BCUT2D eigenvalue weighted by atomic mass is 10.0. The standard InChI is InChI=1S/C25H25FN2O3/c1-30-24-14-18-3-2-10-27-22(18)15-20(24)17-6-7-23(21(26)13-17)31-19-8-11-28(12-9-19)25(29)16-4-5-16/h2-3,6-7,10,13-16,19H,4-5,8-9,11-12H2,1H3.